The number of benzene rings is 2. The van der Waals surface area contributed by atoms with Crippen molar-refractivity contribution in [2.75, 3.05) is 32.6 Å². The first kappa shape index (κ1) is 25.0. The van der Waals surface area contributed by atoms with Crippen molar-refractivity contribution in [1.29, 1.82) is 0 Å². The van der Waals surface area contributed by atoms with Gasteiger partial charge in [0.05, 0.1) is 26.0 Å². The molecule has 3 atom stereocenters. The fraction of sp³-hybridized carbons (Fsp3) is 0.407. The van der Waals surface area contributed by atoms with Gasteiger partial charge >= 0.3 is 0 Å². The highest BCUT2D eigenvalue weighted by Crippen LogP contribution is 2.41. The minimum atomic E-state index is -2.59. The minimum Gasteiger partial charge on any atom is -0.493 e. The van der Waals surface area contributed by atoms with Crippen LogP contribution in [0.1, 0.15) is 46.4 Å². The summed E-state index contributed by atoms with van der Waals surface area (Å²) < 4.78 is 40.4. The number of anilines is 1. The van der Waals surface area contributed by atoms with Crippen molar-refractivity contribution in [3.63, 3.8) is 0 Å². The lowest BCUT2D eigenvalue weighted by Crippen LogP contribution is -2.36. The van der Waals surface area contributed by atoms with Gasteiger partial charge in [-0.05, 0) is 61.7 Å². The summed E-state index contributed by atoms with van der Waals surface area (Å²) in [6.07, 6.45) is -1.52. The predicted molar refractivity (Wildman–Crippen MR) is 137 cm³/mol. The van der Waals surface area contributed by atoms with Crippen LogP contribution in [0.2, 0.25) is 0 Å². The second-order valence-corrected chi connectivity index (χ2v) is 9.50. The second kappa shape index (κ2) is 10.4. The zero-order chi connectivity index (χ0) is 26.1. The van der Waals surface area contributed by atoms with E-state index in [1.807, 2.05) is 31.2 Å². The molecule has 0 radical (unpaired) electrons. The summed E-state index contributed by atoms with van der Waals surface area (Å²) in [5, 5.41) is 14.2. The summed E-state index contributed by atoms with van der Waals surface area (Å²) in [5.74, 6) is 1.51. The molecular weight excluding hydrogens is 480 g/mol. The number of nitrogens with one attached hydrogen (secondary N) is 3. The lowest BCUT2D eigenvalue weighted by atomic mass is 9.97. The molecule has 3 heterocycles. The van der Waals surface area contributed by atoms with Gasteiger partial charge in [0.15, 0.2) is 11.5 Å². The molecule has 1 fully saturated rings. The number of carbonyl (C=O) groups excluding carboxylic acids is 1. The van der Waals surface area contributed by atoms with E-state index in [-0.39, 0.29) is 24.4 Å². The van der Waals surface area contributed by atoms with Crippen LogP contribution in [0.3, 0.4) is 0 Å². The van der Waals surface area contributed by atoms with Gasteiger partial charge in [0, 0.05) is 29.8 Å². The van der Waals surface area contributed by atoms with E-state index in [2.05, 4.69) is 21.0 Å². The van der Waals surface area contributed by atoms with E-state index in [9.17, 15) is 13.6 Å². The van der Waals surface area contributed by atoms with Crippen LogP contribution in [-0.4, -0.2) is 55.5 Å². The number of amides is 1. The Hall–Kier alpha value is -3.66. The largest absolute Gasteiger partial charge is 0.493 e. The third kappa shape index (κ3) is 4.98. The number of aromatic nitrogens is 2. The number of aryl methyl sites for hydroxylation is 1. The van der Waals surface area contributed by atoms with Gasteiger partial charge in [0.2, 0.25) is 0 Å². The highest BCUT2D eigenvalue weighted by atomic mass is 19.3. The van der Waals surface area contributed by atoms with Gasteiger partial charge < -0.3 is 25.4 Å². The van der Waals surface area contributed by atoms with E-state index in [0.29, 0.717) is 28.6 Å². The molecule has 0 aliphatic carbocycles. The maximum absolute atomic E-state index is 14.2. The fourth-order valence-corrected chi connectivity index (χ4v) is 5.10. The maximum atomic E-state index is 14.2. The van der Waals surface area contributed by atoms with Crippen molar-refractivity contribution in [2.45, 2.75) is 44.3 Å². The molecule has 8 nitrogen and oxygen atoms in total. The number of hydrogen-bond donors (Lipinski definition) is 3. The van der Waals surface area contributed by atoms with Gasteiger partial charge in [-0.25, -0.2) is 13.5 Å². The second-order valence-electron chi connectivity index (χ2n) is 9.50. The highest BCUT2D eigenvalue weighted by Gasteiger charge is 2.35. The number of carbonyl (C=O) groups is 1. The molecule has 1 amide bonds. The number of rotatable bonds is 7. The van der Waals surface area contributed by atoms with Crippen molar-refractivity contribution in [3.05, 3.63) is 59.2 Å². The summed E-state index contributed by atoms with van der Waals surface area (Å²) in [4.78, 5) is 12.7. The minimum absolute atomic E-state index is 0.121. The van der Waals surface area contributed by atoms with Gasteiger partial charge in [-0.1, -0.05) is 12.1 Å². The van der Waals surface area contributed by atoms with Crippen molar-refractivity contribution in [3.8, 4) is 22.8 Å². The summed E-state index contributed by atoms with van der Waals surface area (Å²) in [7, 11) is 3.10. The zero-order valence-electron chi connectivity index (χ0n) is 21.1. The lowest BCUT2D eigenvalue weighted by molar-refractivity contribution is 0.0659. The van der Waals surface area contributed by atoms with Gasteiger partial charge in [0.25, 0.3) is 12.3 Å². The SMILES string of the molecule is COc1ccc(C2CC(C(F)F)n3nc(-c4ccc(C(=O)N[C@H]5CCNC5)cc4C)cc3N2)cc1OC. The third-order valence-electron chi connectivity index (χ3n) is 7.11. The maximum Gasteiger partial charge on any atom is 0.260 e. The number of fused-ring (bicyclic) bond motifs is 1. The molecule has 1 aromatic heterocycles. The Morgan fingerprint density at radius 3 is 2.62 bits per heavy atom. The van der Waals surface area contributed by atoms with Crippen molar-refractivity contribution >= 4 is 11.7 Å². The fourth-order valence-electron chi connectivity index (χ4n) is 5.10. The number of hydrogen-bond acceptors (Lipinski definition) is 6. The van der Waals surface area contributed by atoms with Gasteiger partial charge in [0.1, 0.15) is 11.9 Å². The molecule has 2 unspecified atom stereocenters. The number of ether oxygens (including phenoxy) is 2. The summed E-state index contributed by atoms with van der Waals surface area (Å²) in [6, 6.07) is 11.3. The smallest absolute Gasteiger partial charge is 0.260 e. The molecule has 0 saturated carbocycles. The molecule has 0 spiro atoms. The first-order valence-corrected chi connectivity index (χ1v) is 12.4. The standard InChI is InChI=1S/C27H31F2N5O3/c1-15-10-17(27(35)31-18-8-9-30-14-18)4-6-19(15)21-13-25-32-20(12-22(26(28)29)34(25)33-21)16-5-7-23(36-2)24(11-16)37-3/h4-7,10-11,13,18,20,22,26,30,32H,8-9,12,14H2,1-3H3,(H,31,35)/t18-,20?,22?/m0/s1. The van der Waals surface area contributed by atoms with Crippen LogP contribution < -0.4 is 25.4 Å². The number of halogens is 2. The average Bonchev–Trinajstić information content (AvgIpc) is 3.57. The topological polar surface area (TPSA) is 89.4 Å². The van der Waals surface area contributed by atoms with E-state index in [4.69, 9.17) is 9.47 Å². The van der Waals surface area contributed by atoms with E-state index >= 15 is 0 Å². The monoisotopic (exact) mass is 511 g/mol. The Kier molecular flexibility index (Phi) is 7.01. The average molecular weight is 512 g/mol. The molecule has 3 N–H and O–H groups in total. The van der Waals surface area contributed by atoms with Gasteiger partial charge in [-0.15, -0.1) is 0 Å². The Balaban J connectivity index is 1.41. The van der Waals surface area contributed by atoms with E-state index in [1.165, 1.54) is 4.68 Å². The first-order valence-electron chi connectivity index (χ1n) is 12.4. The Labute approximate surface area is 214 Å². The zero-order valence-corrected chi connectivity index (χ0v) is 21.1. The molecule has 0 bridgehead atoms. The van der Waals surface area contributed by atoms with Crippen LogP contribution in [-0.2, 0) is 0 Å². The quantitative estimate of drug-likeness (QED) is 0.438. The van der Waals surface area contributed by atoms with Gasteiger partial charge in [-0.3, -0.25) is 4.79 Å². The number of nitrogens with zero attached hydrogens (tertiary/aromatic N) is 2. The molecule has 10 heteroatoms. The Morgan fingerprint density at radius 1 is 1.14 bits per heavy atom. The summed E-state index contributed by atoms with van der Waals surface area (Å²) >= 11 is 0. The lowest BCUT2D eigenvalue weighted by Gasteiger charge is -2.32. The van der Waals surface area contributed by atoms with Crippen LogP contribution in [0, 0.1) is 6.92 Å². The van der Waals surface area contributed by atoms with Crippen LogP contribution in [0.4, 0.5) is 14.6 Å². The van der Waals surface area contributed by atoms with E-state index < -0.39 is 12.5 Å². The molecule has 3 aromatic rings. The molecule has 1 saturated heterocycles. The van der Waals surface area contributed by atoms with Crippen molar-refractivity contribution in [2.24, 2.45) is 0 Å². The Bertz CT molecular complexity index is 1290. The normalized spacial score (nSPS) is 20.9. The van der Waals surface area contributed by atoms with Crippen LogP contribution >= 0.6 is 0 Å². The highest BCUT2D eigenvalue weighted by molar-refractivity contribution is 5.95. The summed E-state index contributed by atoms with van der Waals surface area (Å²) in [6.45, 7) is 3.56. The van der Waals surface area contributed by atoms with Crippen molar-refractivity contribution in [1.82, 2.24) is 20.4 Å². The molecule has 2 aromatic carbocycles. The van der Waals surface area contributed by atoms with Crippen LogP contribution in [0.15, 0.2) is 42.5 Å². The van der Waals surface area contributed by atoms with Crippen LogP contribution in [0.5, 0.6) is 11.5 Å². The molecule has 2 aliphatic rings. The summed E-state index contributed by atoms with van der Waals surface area (Å²) in [5.41, 5.74) is 3.59. The number of alkyl halides is 2. The molecule has 37 heavy (non-hydrogen) atoms. The molecule has 5 rings (SSSR count). The third-order valence-corrected chi connectivity index (χ3v) is 7.11. The van der Waals surface area contributed by atoms with E-state index in [1.54, 1.807) is 32.4 Å². The first-order chi connectivity index (χ1) is 17.9. The molecule has 2 aliphatic heterocycles. The van der Waals surface area contributed by atoms with Gasteiger partial charge in [-0.2, -0.15) is 5.10 Å². The van der Waals surface area contributed by atoms with E-state index in [0.717, 1.165) is 36.2 Å². The van der Waals surface area contributed by atoms with Crippen LogP contribution in [0.25, 0.3) is 11.3 Å². The van der Waals surface area contributed by atoms with Crippen molar-refractivity contribution < 1.29 is 23.0 Å². The molecule has 196 valence electrons. The molecular formula is C27H31F2N5O3. The Morgan fingerprint density at radius 2 is 1.95 bits per heavy atom. The predicted octanol–water partition coefficient (Wildman–Crippen LogP) is 4.33. The number of methoxy groups -OCH3 is 2.